The van der Waals surface area contributed by atoms with Crippen LogP contribution in [-0.2, 0) is 17.8 Å². The molecule has 0 aliphatic heterocycles. The minimum absolute atomic E-state index is 0.0186. The predicted octanol–water partition coefficient (Wildman–Crippen LogP) is 3.86. The van der Waals surface area contributed by atoms with E-state index >= 15 is 0 Å². The molecule has 2 N–H and O–H groups in total. The van der Waals surface area contributed by atoms with Crippen LogP contribution in [0.5, 0.6) is 0 Å². The molecule has 0 atom stereocenters. The highest BCUT2D eigenvalue weighted by atomic mass is 16.5. The van der Waals surface area contributed by atoms with Crippen molar-refractivity contribution in [3.8, 4) is 0 Å². The fourth-order valence-electron chi connectivity index (χ4n) is 2.01. The van der Waals surface area contributed by atoms with E-state index in [9.17, 15) is 4.79 Å². The van der Waals surface area contributed by atoms with Crippen LogP contribution < -0.4 is 10.6 Å². The molecule has 0 spiro atoms. The zero-order valence-corrected chi connectivity index (χ0v) is 15.0. The molecule has 130 valence electrons. The summed E-state index contributed by atoms with van der Waals surface area (Å²) in [5.74, 6) is 1.75. The third-order valence-corrected chi connectivity index (χ3v) is 3.35. The smallest absolute Gasteiger partial charge is 0.245 e. The fraction of sp³-hybridized carbons (Fsp3) is 0.500. The van der Waals surface area contributed by atoms with Crippen LogP contribution >= 0.6 is 0 Å². The van der Waals surface area contributed by atoms with Gasteiger partial charge in [0.1, 0.15) is 0 Å². The number of carbonyl (C=O) groups excluding carboxylic acids is 1. The summed E-state index contributed by atoms with van der Waals surface area (Å²) >= 11 is 0. The van der Waals surface area contributed by atoms with Crippen LogP contribution in [0, 0.1) is 11.3 Å². The van der Waals surface area contributed by atoms with Gasteiger partial charge in [0.15, 0.2) is 5.82 Å². The van der Waals surface area contributed by atoms with Gasteiger partial charge in [-0.05, 0) is 24.1 Å². The van der Waals surface area contributed by atoms with Crippen LogP contribution in [0.15, 0.2) is 28.8 Å². The second kappa shape index (κ2) is 7.47. The number of amides is 1. The number of nitrogens with zero attached hydrogens (tertiary/aromatic N) is 2. The van der Waals surface area contributed by atoms with Crippen LogP contribution in [-0.4, -0.2) is 16.0 Å². The molecule has 1 aromatic carbocycles. The Morgan fingerprint density at radius 3 is 2.62 bits per heavy atom. The second-order valence-electron chi connectivity index (χ2n) is 7.34. The number of aromatic nitrogens is 2. The van der Waals surface area contributed by atoms with E-state index in [1.807, 2.05) is 45.0 Å². The Kier molecular flexibility index (Phi) is 5.59. The molecule has 0 bridgehead atoms. The van der Waals surface area contributed by atoms with E-state index in [1.54, 1.807) is 0 Å². The molecule has 0 aliphatic carbocycles. The molecule has 0 saturated heterocycles. The number of hydrogen-bond donors (Lipinski definition) is 2. The molecule has 0 fully saturated rings. The summed E-state index contributed by atoms with van der Waals surface area (Å²) in [7, 11) is 0. The number of anilines is 2. The van der Waals surface area contributed by atoms with Gasteiger partial charge >= 0.3 is 0 Å². The zero-order valence-electron chi connectivity index (χ0n) is 15.0. The van der Waals surface area contributed by atoms with E-state index in [0.717, 1.165) is 23.6 Å². The van der Waals surface area contributed by atoms with E-state index in [1.165, 1.54) is 0 Å². The summed E-state index contributed by atoms with van der Waals surface area (Å²) in [6.07, 6.45) is 0.803. The Labute approximate surface area is 143 Å². The van der Waals surface area contributed by atoms with Gasteiger partial charge in [-0.15, -0.1) is 0 Å². The van der Waals surface area contributed by atoms with Gasteiger partial charge in [-0.2, -0.15) is 4.98 Å². The van der Waals surface area contributed by atoms with Crippen molar-refractivity contribution in [1.82, 2.24) is 10.1 Å². The van der Waals surface area contributed by atoms with Crippen LogP contribution in [0.1, 0.15) is 46.3 Å². The highest BCUT2D eigenvalue weighted by Gasteiger charge is 2.21. The van der Waals surface area contributed by atoms with E-state index < -0.39 is 5.41 Å². The van der Waals surface area contributed by atoms with Crippen molar-refractivity contribution in [3.63, 3.8) is 0 Å². The van der Waals surface area contributed by atoms with Gasteiger partial charge in [-0.3, -0.25) is 4.79 Å². The van der Waals surface area contributed by atoms with E-state index in [-0.39, 0.29) is 5.91 Å². The Morgan fingerprint density at radius 2 is 1.96 bits per heavy atom. The molecule has 2 aromatic rings. The Bertz CT molecular complexity index is 686. The highest BCUT2D eigenvalue weighted by molar-refractivity contribution is 5.94. The molecule has 1 amide bonds. The summed E-state index contributed by atoms with van der Waals surface area (Å²) in [6, 6.07) is 7.56. The largest absolute Gasteiger partial charge is 0.376 e. The standard InChI is InChI=1S/C18H26N4O2/c1-12(2)9-15-21-16(24-22-15)11-19-13-7-6-8-14(10-13)20-17(23)18(3,4)5/h6-8,10,12,19H,9,11H2,1-5H3,(H,20,23). The van der Waals surface area contributed by atoms with Crippen LogP contribution in [0.3, 0.4) is 0 Å². The van der Waals surface area contributed by atoms with Crippen LogP contribution in [0.25, 0.3) is 0 Å². The van der Waals surface area contributed by atoms with Gasteiger partial charge in [0.05, 0.1) is 6.54 Å². The molecule has 1 heterocycles. The minimum atomic E-state index is -0.431. The molecule has 1 aromatic heterocycles. The van der Waals surface area contributed by atoms with Crippen LogP contribution in [0.4, 0.5) is 11.4 Å². The normalized spacial score (nSPS) is 11.6. The third kappa shape index (κ3) is 5.37. The van der Waals surface area contributed by atoms with Gasteiger partial charge in [0.2, 0.25) is 11.8 Å². The summed E-state index contributed by atoms with van der Waals surface area (Å²) < 4.78 is 5.23. The lowest BCUT2D eigenvalue weighted by Crippen LogP contribution is -2.27. The molecule has 24 heavy (non-hydrogen) atoms. The number of benzene rings is 1. The maximum atomic E-state index is 12.1. The van der Waals surface area contributed by atoms with Crippen molar-refractivity contribution in [2.45, 2.75) is 47.6 Å². The summed E-state index contributed by atoms with van der Waals surface area (Å²) in [5, 5.41) is 10.1. The van der Waals surface area contributed by atoms with Gasteiger partial charge < -0.3 is 15.2 Å². The molecule has 2 rings (SSSR count). The minimum Gasteiger partial charge on any atom is -0.376 e. The molecule has 6 nitrogen and oxygen atoms in total. The van der Waals surface area contributed by atoms with Crippen LogP contribution in [0.2, 0.25) is 0 Å². The summed E-state index contributed by atoms with van der Waals surface area (Å²) in [5.41, 5.74) is 1.20. The van der Waals surface area contributed by atoms with Gasteiger partial charge in [-0.25, -0.2) is 0 Å². The average molecular weight is 330 g/mol. The molecular weight excluding hydrogens is 304 g/mol. The third-order valence-electron chi connectivity index (χ3n) is 3.35. The Morgan fingerprint density at radius 1 is 1.25 bits per heavy atom. The molecular formula is C18H26N4O2. The van der Waals surface area contributed by atoms with Crippen molar-refractivity contribution in [2.24, 2.45) is 11.3 Å². The number of nitrogens with one attached hydrogen (secondary N) is 2. The molecule has 0 saturated carbocycles. The Balaban J connectivity index is 1.95. The van der Waals surface area contributed by atoms with E-state index in [2.05, 4.69) is 34.6 Å². The average Bonchev–Trinajstić information content (AvgIpc) is 2.91. The van der Waals surface area contributed by atoms with Crippen molar-refractivity contribution < 1.29 is 9.32 Å². The zero-order chi connectivity index (χ0) is 17.7. The van der Waals surface area contributed by atoms with Crippen molar-refractivity contribution in [1.29, 1.82) is 0 Å². The lowest BCUT2D eigenvalue weighted by molar-refractivity contribution is -0.123. The van der Waals surface area contributed by atoms with Crippen molar-refractivity contribution in [2.75, 3.05) is 10.6 Å². The number of carbonyl (C=O) groups is 1. The highest BCUT2D eigenvalue weighted by Crippen LogP contribution is 2.20. The maximum absolute atomic E-state index is 12.1. The number of hydrogen-bond acceptors (Lipinski definition) is 5. The second-order valence-corrected chi connectivity index (χ2v) is 7.34. The predicted molar refractivity (Wildman–Crippen MR) is 94.7 cm³/mol. The van der Waals surface area contributed by atoms with E-state index in [0.29, 0.717) is 18.4 Å². The molecule has 0 radical (unpaired) electrons. The first kappa shape index (κ1) is 18.0. The topological polar surface area (TPSA) is 80.0 Å². The monoisotopic (exact) mass is 330 g/mol. The molecule has 6 heteroatoms. The molecule has 0 aliphatic rings. The number of rotatable bonds is 6. The maximum Gasteiger partial charge on any atom is 0.245 e. The SMILES string of the molecule is CC(C)Cc1noc(CNc2cccc(NC(=O)C(C)(C)C)c2)n1. The first-order valence-electron chi connectivity index (χ1n) is 8.21. The quantitative estimate of drug-likeness (QED) is 0.840. The van der Waals surface area contributed by atoms with E-state index in [4.69, 9.17) is 4.52 Å². The van der Waals surface area contributed by atoms with Gasteiger partial charge in [-0.1, -0.05) is 45.8 Å². The van der Waals surface area contributed by atoms with Crippen molar-refractivity contribution >= 4 is 17.3 Å². The van der Waals surface area contributed by atoms with Gasteiger partial charge in [0.25, 0.3) is 0 Å². The summed E-state index contributed by atoms with van der Waals surface area (Å²) in [4.78, 5) is 16.4. The lowest BCUT2D eigenvalue weighted by Gasteiger charge is -2.18. The summed E-state index contributed by atoms with van der Waals surface area (Å²) in [6.45, 7) is 10.3. The first-order valence-corrected chi connectivity index (χ1v) is 8.21. The first-order chi connectivity index (χ1) is 11.2. The molecule has 0 unspecified atom stereocenters. The fourth-order valence-corrected chi connectivity index (χ4v) is 2.01. The lowest BCUT2D eigenvalue weighted by atomic mass is 9.95. The van der Waals surface area contributed by atoms with Crippen molar-refractivity contribution in [3.05, 3.63) is 36.0 Å². The Hall–Kier alpha value is -2.37. The van der Waals surface area contributed by atoms with Gasteiger partial charge in [0, 0.05) is 23.2 Å².